The van der Waals surface area contributed by atoms with E-state index in [9.17, 15) is 21.6 Å². The lowest BCUT2D eigenvalue weighted by atomic mass is 10.1. The van der Waals surface area contributed by atoms with Crippen LogP contribution >= 0.6 is 0 Å². The molecule has 9 heteroatoms. The van der Waals surface area contributed by atoms with Crippen molar-refractivity contribution in [1.82, 2.24) is 4.98 Å². The zero-order chi connectivity index (χ0) is 18.4. The fourth-order valence-electron chi connectivity index (χ4n) is 1.56. The lowest BCUT2D eigenvalue weighted by Crippen LogP contribution is -2.28. The third-order valence-corrected chi connectivity index (χ3v) is 3.48. The van der Waals surface area contributed by atoms with E-state index in [1.807, 2.05) is 13.8 Å². The highest BCUT2D eigenvalue weighted by molar-refractivity contribution is 7.88. The molecular formula is C15H13F3N2O3S. The summed E-state index contributed by atoms with van der Waals surface area (Å²) in [4.78, 5) is 3.50. The van der Waals surface area contributed by atoms with Crippen LogP contribution in [-0.4, -0.2) is 18.9 Å². The van der Waals surface area contributed by atoms with Crippen LogP contribution in [0.25, 0.3) is 11.1 Å². The summed E-state index contributed by atoms with van der Waals surface area (Å²) < 4.78 is 63.5. The third kappa shape index (κ3) is 4.45. The van der Waals surface area contributed by atoms with Gasteiger partial charge in [0.25, 0.3) is 0 Å². The molecule has 2 rings (SSSR count). The van der Waals surface area contributed by atoms with E-state index in [1.165, 1.54) is 18.2 Å². The van der Waals surface area contributed by atoms with Gasteiger partial charge in [0, 0.05) is 11.8 Å². The molecule has 0 bridgehead atoms. The number of hydrogen-bond acceptors (Lipinski definition) is 5. The Hall–Kier alpha value is -2.60. The standard InChI is InChI=1S/C13H7F3N2O3S.C2H6/c14-13(15,16)22(19,20)21-12-11(6-9(7-17)8-18-12)10-4-2-1-3-5-10;1-2/h1-6,8H;1-2H3. The molecule has 0 amide bonds. The second-order valence-electron chi connectivity index (χ2n) is 4.04. The summed E-state index contributed by atoms with van der Waals surface area (Å²) in [5, 5.41) is 8.83. The topological polar surface area (TPSA) is 80.0 Å². The van der Waals surface area contributed by atoms with Crippen LogP contribution < -0.4 is 4.18 Å². The van der Waals surface area contributed by atoms with Crippen LogP contribution in [0, 0.1) is 11.3 Å². The Balaban J connectivity index is 0.00000139. The molecule has 0 aliphatic carbocycles. The first-order valence-corrected chi connectivity index (χ1v) is 8.12. The molecule has 1 aromatic heterocycles. The normalized spacial score (nSPS) is 11.0. The summed E-state index contributed by atoms with van der Waals surface area (Å²) in [5.74, 6) is -0.748. The van der Waals surface area contributed by atoms with Gasteiger partial charge in [-0.05, 0) is 11.6 Å². The monoisotopic (exact) mass is 358 g/mol. The Bertz CT molecular complexity index is 829. The zero-order valence-electron chi connectivity index (χ0n) is 12.7. The molecule has 0 unspecified atom stereocenters. The largest absolute Gasteiger partial charge is 0.534 e. The van der Waals surface area contributed by atoms with Gasteiger partial charge in [-0.25, -0.2) is 4.98 Å². The van der Waals surface area contributed by atoms with Crippen LogP contribution in [0.4, 0.5) is 13.2 Å². The molecule has 0 saturated heterocycles. The molecule has 0 aliphatic rings. The number of alkyl halides is 3. The van der Waals surface area contributed by atoms with E-state index >= 15 is 0 Å². The van der Waals surface area contributed by atoms with Crippen molar-refractivity contribution < 1.29 is 25.8 Å². The fourth-order valence-corrected chi connectivity index (χ4v) is 1.99. The molecule has 2 aromatic rings. The van der Waals surface area contributed by atoms with Crippen molar-refractivity contribution in [3.05, 3.63) is 48.2 Å². The number of hydrogen-bond donors (Lipinski definition) is 0. The van der Waals surface area contributed by atoms with Crippen LogP contribution in [0.1, 0.15) is 19.4 Å². The molecule has 128 valence electrons. The molecule has 0 saturated carbocycles. The number of halogens is 3. The average molecular weight is 358 g/mol. The average Bonchev–Trinajstić information content (AvgIpc) is 2.56. The Morgan fingerprint density at radius 1 is 1.17 bits per heavy atom. The summed E-state index contributed by atoms with van der Waals surface area (Å²) in [5.41, 5.74) is -5.20. The zero-order valence-corrected chi connectivity index (χ0v) is 13.5. The van der Waals surface area contributed by atoms with Gasteiger partial charge in [-0.1, -0.05) is 44.2 Å². The summed E-state index contributed by atoms with van der Waals surface area (Å²) >= 11 is 0. The van der Waals surface area contributed by atoms with Crippen LogP contribution in [0.5, 0.6) is 5.88 Å². The molecule has 0 radical (unpaired) electrons. The van der Waals surface area contributed by atoms with Crippen LogP contribution in [0.15, 0.2) is 42.6 Å². The van der Waals surface area contributed by atoms with Crippen molar-refractivity contribution in [2.75, 3.05) is 0 Å². The first-order chi connectivity index (χ1) is 11.2. The smallest absolute Gasteiger partial charge is 0.355 e. The van der Waals surface area contributed by atoms with Gasteiger partial charge in [0.1, 0.15) is 6.07 Å². The Kier molecular flexibility index (Phi) is 6.31. The summed E-state index contributed by atoms with van der Waals surface area (Å²) in [7, 11) is -5.85. The second kappa shape index (κ2) is 7.79. The molecule has 0 N–H and O–H groups in total. The predicted octanol–water partition coefficient (Wildman–Crippen LogP) is 3.87. The Morgan fingerprint density at radius 3 is 2.25 bits per heavy atom. The Morgan fingerprint density at radius 2 is 1.75 bits per heavy atom. The molecule has 1 heterocycles. The van der Waals surface area contributed by atoms with Crippen molar-refractivity contribution in [3.63, 3.8) is 0 Å². The van der Waals surface area contributed by atoms with E-state index in [0.29, 0.717) is 5.56 Å². The van der Waals surface area contributed by atoms with Crippen molar-refractivity contribution in [3.8, 4) is 23.1 Å². The van der Waals surface area contributed by atoms with E-state index in [-0.39, 0.29) is 11.1 Å². The van der Waals surface area contributed by atoms with E-state index in [2.05, 4.69) is 9.17 Å². The highest BCUT2D eigenvalue weighted by Gasteiger charge is 2.49. The number of pyridine rings is 1. The SMILES string of the molecule is CC.N#Cc1cnc(OS(=O)(=O)C(F)(F)F)c(-c2ccccc2)c1. The fraction of sp³-hybridized carbons (Fsp3) is 0.200. The summed E-state index contributed by atoms with van der Waals surface area (Å²) in [6.45, 7) is 4.00. The molecule has 5 nitrogen and oxygen atoms in total. The molecule has 0 fully saturated rings. The van der Waals surface area contributed by atoms with Crippen molar-refractivity contribution >= 4 is 10.1 Å². The maximum absolute atomic E-state index is 12.4. The number of benzene rings is 1. The highest BCUT2D eigenvalue weighted by Crippen LogP contribution is 2.33. The lowest BCUT2D eigenvalue weighted by Gasteiger charge is -2.12. The van der Waals surface area contributed by atoms with Gasteiger partial charge in [-0.3, -0.25) is 0 Å². The molecule has 0 aliphatic heterocycles. The lowest BCUT2D eigenvalue weighted by molar-refractivity contribution is -0.0501. The highest BCUT2D eigenvalue weighted by atomic mass is 32.2. The quantitative estimate of drug-likeness (QED) is 0.614. The minimum Gasteiger partial charge on any atom is -0.355 e. The first-order valence-electron chi connectivity index (χ1n) is 6.71. The van der Waals surface area contributed by atoms with Gasteiger partial charge < -0.3 is 4.18 Å². The molecule has 24 heavy (non-hydrogen) atoms. The minimum atomic E-state index is -5.85. The number of nitriles is 1. The van der Waals surface area contributed by atoms with Crippen LogP contribution in [-0.2, 0) is 10.1 Å². The second-order valence-corrected chi connectivity index (χ2v) is 5.58. The Labute approximate surface area is 137 Å². The van der Waals surface area contributed by atoms with Crippen molar-refractivity contribution in [1.29, 1.82) is 5.26 Å². The number of aromatic nitrogens is 1. The number of nitrogens with zero attached hydrogens (tertiary/aromatic N) is 2. The van der Waals surface area contributed by atoms with Gasteiger partial charge in [-0.15, -0.1) is 0 Å². The van der Waals surface area contributed by atoms with Gasteiger partial charge in [0.05, 0.1) is 5.56 Å². The van der Waals surface area contributed by atoms with Crippen LogP contribution in [0.2, 0.25) is 0 Å². The van der Waals surface area contributed by atoms with E-state index in [4.69, 9.17) is 5.26 Å². The molecule has 0 spiro atoms. The maximum Gasteiger partial charge on any atom is 0.534 e. The molecule has 1 aromatic carbocycles. The van der Waals surface area contributed by atoms with Crippen molar-refractivity contribution in [2.45, 2.75) is 19.4 Å². The number of rotatable bonds is 3. The van der Waals surface area contributed by atoms with Gasteiger partial charge in [0.15, 0.2) is 0 Å². The van der Waals surface area contributed by atoms with E-state index < -0.39 is 21.5 Å². The maximum atomic E-state index is 12.4. The van der Waals surface area contributed by atoms with Crippen LogP contribution in [0.3, 0.4) is 0 Å². The first kappa shape index (κ1) is 19.4. The summed E-state index contributed by atoms with van der Waals surface area (Å²) in [6.07, 6.45) is 0.924. The van der Waals surface area contributed by atoms with Gasteiger partial charge >= 0.3 is 15.6 Å². The van der Waals surface area contributed by atoms with Gasteiger partial charge in [0.2, 0.25) is 5.88 Å². The van der Waals surface area contributed by atoms with Gasteiger partial charge in [-0.2, -0.15) is 26.9 Å². The van der Waals surface area contributed by atoms with E-state index in [0.717, 1.165) is 6.20 Å². The summed E-state index contributed by atoms with van der Waals surface area (Å²) in [6, 6.07) is 10.9. The molecular weight excluding hydrogens is 345 g/mol. The van der Waals surface area contributed by atoms with Crippen molar-refractivity contribution in [2.24, 2.45) is 0 Å². The predicted molar refractivity (Wildman–Crippen MR) is 81.3 cm³/mol. The van der Waals surface area contributed by atoms with E-state index in [1.54, 1.807) is 24.3 Å². The third-order valence-electron chi connectivity index (χ3n) is 2.54. The molecule has 0 atom stereocenters. The minimum absolute atomic E-state index is 0.0347.